The van der Waals surface area contributed by atoms with Gasteiger partial charge in [0.15, 0.2) is 0 Å². The normalized spacial score (nSPS) is 11.5. The van der Waals surface area contributed by atoms with Crippen molar-refractivity contribution >= 4 is 10.9 Å². The van der Waals surface area contributed by atoms with Crippen LogP contribution in [0.1, 0.15) is 31.4 Å². The maximum atomic E-state index is 5.38. The largest absolute Gasteiger partial charge is 0.337 e. The van der Waals surface area contributed by atoms with Crippen LogP contribution in [0.4, 0.5) is 0 Å². The predicted molar refractivity (Wildman–Crippen MR) is 90.5 cm³/mol. The third kappa shape index (κ3) is 2.67. The minimum atomic E-state index is 0.353. The molecule has 24 heavy (non-hydrogen) atoms. The molecule has 0 bridgehead atoms. The summed E-state index contributed by atoms with van der Waals surface area (Å²) >= 11 is 0. The highest BCUT2D eigenvalue weighted by molar-refractivity contribution is 5.78. The van der Waals surface area contributed by atoms with Crippen LogP contribution in [-0.2, 0) is 6.54 Å². The summed E-state index contributed by atoms with van der Waals surface area (Å²) < 4.78 is 7.23. The van der Waals surface area contributed by atoms with Crippen molar-refractivity contribution in [1.82, 2.24) is 24.9 Å². The highest BCUT2D eigenvalue weighted by Crippen LogP contribution is 2.19. The smallest absolute Gasteiger partial charge is 0.248 e. The van der Waals surface area contributed by atoms with Gasteiger partial charge in [-0.1, -0.05) is 43.3 Å². The lowest BCUT2D eigenvalue weighted by Gasteiger charge is -2.04. The molecule has 0 saturated carbocycles. The maximum absolute atomic E-state index is 5.38. The molecule has 0 amide bonds. The minimum absolute atomic E-state index is 0.353. The van der Waals surface area contributed by atoms with Crippen LogP contribution >= 0.6 is 0 Å². The highest BCUT2D eigenvalue weighted by Gasteiger charge is 2.13. The zero-order chi connectivity index (χ0) is 16.5. The van der Waals surface area contributed by atoms with E-state index in [4.69, 9.17) is 4.52 Å². The first-order valence-corrected chi connectivity index (χ1v) is 7.91. The van der Waals surface area contributed by atoms with Crippen molar-refractivity contribution in [3.63, 3.8) is 0 Å². The zero-order valence-corrected chi connectivity index (χ0v) is 13.5. The fraction of sp³-hybridized carbons (Fsp3) is 0.222. The second-order valence-electron chi connectivity index (χ2n) is 5.98. The summed E-state index contributed by atoms with van der Waals surface area (Å²) in [5.41, 5.74) is 2.77. The SMILES string of the molecule is CC(C)c1cccc(-c2noc(Cn3ncc4ccccc43)n2)n1. The zero-order valence-electron chi connectivity index (χ0n) is 13.5. The number of nitrogens with zero attached hydrogens (tertiary/aromatic N) is 5. The lowest BCUT2D eigenvalue weighted by molar-refractivity contribution is 0.368. The second kappa shape index (κ2) is 5.88. The van der Waals surface area contributed by atoms with Crippen LogP contribution in [0.25, 0.3) is 22.4 Å². The summed E-state index contributed by atoms with van der Waals surface area (Å²) in [6.45, 7) is 4.65. The van der Waals surface area contributed by atoms with Gasteiger partial charge in [-0.05, 0) is 24.1 Å². The van der Waals surface area contributed by atoms with Crippen molar-refractivity contribution < 1.29 is 4.52 Å². The molecule has 0 N–H and O–H groups in total. The van der Waals surface area contributed by atoms with Crippen LogP contribution in [-0.4, -0.2) is 24.9 Å². The van der Waals surface area contributed by atoms with Gasteiger partial charge in [-0.3, -0.25) is 4.68 Å². The quantitative estimate of drug-likeness (QED) is 0.574. The van der Waals surface area contributed by atoms with Gasteiger partial charge in [0.2, 0.25) is 11.7 Å². The number of aromatic nitrogens is 5. The minimum Gasteiger partial charge on any atom is -0.337 e. The van der Waals surface area contributed by atoms with Gasteiger partial charge in [0.05, 0.1) is 11.7 Å². The van der Waals surface area contributed by atoms with Gasteiger partial charge < -0.3 is 4.52 Å². The third-order valence-corrected chi connectivity index (χ3v) is 3.90. The average molecular weight is 319 g/mol. The molecule has 120 valence electrons. The van der Waals surface area contributed by atoms with E-state index in [-0.39, 0.29) is 0 Å². The molecule has 4 rings (SSSR count). The average Bonchev–Trinajstić information content (AvgIpc) is 3.23. The van der Waals surface area contributed by atoms with Crippen LogP contribution < -0.4 is 0 Å². The maximum Gasteiger partial charge on any atom is 0.248 e. The highest BCUT2D eigenvalue weighted by atomic mass is 16.5. The van der Waals surface area contributed by atoms with Gasteiger partial charge in [0.25, 0.3) is 0 Å². The fourth-order valence-electron chi connectivity index (χ4n) is 2.60. The van der Waals surface area contributed by atoms with Crippen LogP contribution in [0.5, 0.6) is 0 Å². The van der Waals surface area contributed by atoms with Crippen molar-refractivity contribution in [1.29, 1.82) is 0 Å². The number of rotatable bonds is 4. The Balaban J connectivity index is 1.62. The molecule has 1 aromatic carbocycles. The first-order chi connectivity index (χ1) is 11.7. The molecular formula is C18H17N5O. The van der Waals surface area contributed by atoms with Gasteiger partial charge in [0, 0.05) is 11.1 Å². The van der Waals surface area contributed by atoms with Crippen LogP contribution in [0, 0.1) is 0 Å². The summed E-state index contributed by atoms with van der Waals surface area (Å²) in [6, 6.07) is 13.9. The van der Waals surface area contributed by atoms with Crippen molar-refractivity contribution in [3.8, 4) is 11.5 Å². The van der Waals surface area contributed by atoms with Gasteiger partial charge in [-0.25, -0.2) is 4.98 Å². The fourth-order valence-corrected chi connectivity index (χ4v) is 2.60. The molecule has 4 aromatic rings. The molecule has 0 saturated heterocycles. The van der Waals surface area contributed by atoms with E-state index in [1.807, 2.05) is 53.3 Å². The molecule has 6 nitrogen and oxygen atoms in total. The molecule has 0 spiro atoms. The van der Waals surface area contributed by atoms with Gasteiger partial charge in [-0.2, -0.15) is 10.1 Å². The Kier molecular flexibility index (Phi) is 3.57. The van der Waals surface area contributed by atoms with Crippen LogP contribution in [0.15, 0.2) is 53.2 Å². The molecule has 0 radical (unpaired) electrons. The molecule has 3 heterocycles. The Morgan fingerprint density at radius 3 is 2.79 bits per heavy atom. The second-order valence-corrected chi connectivity index (χ2v) is 5.98. The Labute approximate surface area is 139 Å². The van der Waals surface area contributed by atoms with E-state index >= 15 is 0 Å². The molecule has 0 aliphatic heterocycles. The van der Waals surface area contributed by atoms with Crippen molar-refractivity contribution in [3.05, 3.63) is 60.2 Å². The van der Waals surface area contributed by atoms with E-state index in [1.54, 1.807) is 0 Å². The first kappa shape index (κ1) is 14.6. The molecular weight excluding hydrogens is 302 g/mol. The molecule has 0 aliphatic rings. The summed E-state index contributed by atoms with van der Waals surface area (Å²) in [7, 11) is 0. The van der Waals surface area contributed by atoms with Gasteiger partial charge in [0.1, 0.15) is 12.2 Å². The van der Waals surface area contributed by atoms with Crippen molar-refractivity contribution in [2.24, 2.45) is 0 Å². The number of benzene rings is 1. The summed E-state index contributed by atoms with van der Waals surface area (Å²) in [4.78, 5) is 9.06. The lowest BCUT2D eigenvalue weighted by atomic mass is 10.1. The molecule has 0 aliphatic carbocycles. The lowest BCUT2D eigenvalue weighted by Crippen LogP contribution is -2.01. The van der Waals surface area contributed by atoms with E-state index in [0.29, 0.717) is 24.2 Å². The Hall–Kier alpha value is -3.02. The van der Waals surface area contributed by atoms with E-state index in [0.717, 1.165) is 22.3 Å². The molecule has 6 heteroatoms. The Morgan fingerprint density at radius 2 is 1.92 bits per heavy atom. The van der Waals surface area contributed by atoms with E-state index in [2.05, 4.69) is 34.1 Å². The van der Waals surface area contributed by atoms with Crippen molar-refractivity contribution in [2.75, 3.05) is 0 Å². The Morgan fingerprint density at radius 1 is 1.04 bits per heavy atom. The third-order valence-electron chi connectivity index (χ3n) is 3.90. The molecule has 0 unspecified atom stereocenters. The topological polar surface area (TPSA) is 69.6 Å². The van der Waals surface area contributed by atoms with Crippen LogP contribution in [0.3, 0.4) is 0 Å². The molecule has 0 atom stereocenters. The summed E-state index contributed by atoms with van der Waals surface area (Å²) in [6.07, 6.45) is 1.83. The molecule has 0 fully saturated rings. The van der Waals surface area contributed by atoms with E-state index in [9.17, 15) is 0 Å². The number of fused-ring (bicyclic) bond motifs is 1. The molecule has 3 aromatic heterocycles. The van der Waals surface area contributed by atoms with Gasteiger partial charge >= 0.3 is 0 Å². The van der Waals surface area contributed by atoms with Crippen molar-refractivity contribution in [2.45, 2.75) is 26.3 Å². The van der Waals surface area contributed by atoms with Gasteiger partial charge in [-0.15, -0.1) is 0 Å². The summed E-state index contributed by atoms with van der Waals surface area (Å²) in [5, 5.41) is 9.53. The number of hydrogen-bond acceptors (Lipinski definition) is 5. The van der Waals surface area contributed by atoms with E-state index in [1.165, 1.54) is 0 Å². The summed E-state index contributed by atoms with van der Waals surface area (Å²) in [5.74, 6) is 1.37. The van der Waals surface area contributed by atoms with Crippen LogP contribution in [0.2, 0.25) is 0 Å². The first-order valence-electron chi connectivity index (χ1n) is 7.91. The standard InChI is InChI=1S/C18H17N5O/c1-12(2)14-7-5-8-15(20-14)18-21-17(24-22-18)11-23-16-9-4-3-6-13(16)10-19-23/h3-10,12H,11H2,1-2H3. The van der Waals surface area contributed by atoms with E-state index < -0.39 is 0 Å². The number of hydrogen-bond donors (Lipinski definition) is 0. The monoisotopic (exact) mass is 319 g/mol. The number of para-hydroxylation sites is 1. The Bertz CT molecular complexity index is 986. The number of pyridine rings is 1. The predicted octanol–water partition coefficient (Wildman–Crippen LogP) is 3.65.